The maximum Gasteiger partial charge on any atom is 0.213 e. The van der Waals surface area contributed by atoms with Gasteiger partial charge in [0, 0.05) is 10.9 Å². The zero-order valence-corrected chi connectivity index (χ0v) is 9.40. The lowest BCUT2D eigenvalue weighted by Gasteiger charge is -2.15. The number of Topliss-reactive ketones (excluding diaryl/α,β-unsaturated/α-hetero) is 1. The van der Waals surface area contributed by atoms with Crippen LogP contribution in [0.4, 0.5) is 0 Å². The Kier molecular flexibility index (Phi) is 2.01. The standard InChI is InChI=1S/C14H10N2O2/c15-11-6-8-5-9-7(2-1-3-12(9)17)4-10(8)14(18)13(11)16/h1-6,16-17H,15H2. The first kappa shape index (κ1) is 10.5. The Morgan fingerprint density at radius 1 is 1.22 bits per heavy atom. The van der Waals surface area contributed by atoms with Gasteiger partial charge in [0.1, 0.15) is 11.5 Å². The summed E-state index contributed by atoms with van der Waals surface area (Å²) in [7, 11) is 0. The van der Waals surface area contributed by atoms with Crippen LogP contribution in [-0.2, 0) is 0 Å². The number of allylic oxidation sites excluding steroid dienone is 1. The average Bonchev–Trinajstić information content (AvgIpc) is 2.36. The third-order valence-corrected chi connectivity index (χ3v) is 3.10. The van der Waals surface area contributed by atoms with Crippen LogP contribution in [0.5, 0.6) is 5.75 Å². The lowest BCUT2D eigenvalue weighted by molar-refractivity contribution is 0.106. The molecule has 4 nitrogen and oxygen atoms in total. The molecule has 0 aliphatic heterocycles. The zero-order chi connectivity index (χ0) is 12.9. The molecule has 0 bridgehead atoms. The molecular weight excluding hydrogens is 228 g/mol. The number of ketones is 1. The number of phenolic OH excluding ortho intramolecular Hbond substituents is 1. The van der Waals surface area contributed by atoms with Crippen LogP contribution in [0.25, 0.3) is 16.8 Å². The van der Waals surface area contributed by atoms with Crippen LogP contribution in [-0.4, -0.2) is 16.6 Å². The molecule has 4 N–H and O–H groups in total. The first-order valence-electron chi connectivity index (χ1n) is 5.44. The van der Waals surface area contributed by atoms with Crippen LogP contribution in [0.1, 0.15) is 15.9 Å². The molecule has 0 spiro atoms. The number of rotatable bonds is 0. The van der Waals surface area contributed by atoms with E-state index in [-0.39, 0.29) is 22.9 Å². The van der Waals surface area contributed by atoms with E-state index in [1.807, 2.05) is 6.07 Å². The van der Waals surface area contributed by atoms with Crippen molar-refractivity contribution in [2.45, 2.75) is 0 Å². The van der Waals surface area contributed by atoms with Crippen LogP contribution >= 0.6 is 0 Å². The van der Waals surface area contributed by atoms with Crippen molar-refractivity contribution in [1.82, 2.24) is 0 Å². The number of carbonyl (C=O) groups excluding carboxylic acids is 1. The quantitative estimate of drug-likeness (QED) is 0.656. The molecule has 0 atom stereocenters. The Bertz CT molecular complexity index is 745. The first-order valence-corrected chi connectivity index (χ1v) is 5.44. The number of aromatic hydroxyl groups is 1. The van der Waals surface area contributed by atoms with Crippen LogP contribution in [0.15, 0.2) is 36.0 Å². The van der Waals surface area contributed by atoms with Gasteiger partial charge in [0.25, 0.3) is 0 Å². The first-order chi connectivity index (χ1) is 8.58. The number of hydrogen-bond donors (Lipinski definition) is 3. The summed E-state index contributed by atoms with van der Waals surface area (Å²) < 4.78 is 0. The monoisotopic (exact) mass is 238 g/mol. The molecule has 0 unspecified atom stereocenters. The van der Waals surface area contributed by atoms with Gasteiger partial charge in [0.2, 0.25) is 5.78 Å². The summed E-state index contributed by atoms with van der Waals surface area (Å²) in [6.07, 6.45) is 1.59. The van der Waals surface area contributed by atoms with Crippen molar-refractivity contribution in [1.29, 1.82) is 5.41 Å². The summed E-state index contributed by atoms with van der Waals surface area (Å²) >= 11 is 0. The van der Waals surface area contributed by atoms with E-state index in [2.05, 4.69) is 0 Å². The van der Waals surface area contributed by atoms with E-state index in [0.717, 1.165) is 5.39 Å². The molecule has 0 aromatic heterocycles. The molecule has 0 saturated carbocycles. The van der Waals surface area contributed by atoms with Crippen molar-refractivity contribution in [3.05, 3.63) is 47.2 Å². The summed E-state index contributed by atoms with van der Waals surface area (Å²) in [5.74, 6) is -0.217. The summed E-state index contributed by atoms with van der Waals surface area (Å²) in [6.45, 7) is 0. The molecule has 1 aliphatic rings. The Labute approximate surface area is 103 Å². The van der Waals surface area contributed by atoms with E-state index < -0.39 is 0 Å². The Balaban J connectivity index is 2.40. The minimum atomic E-state index is -0.379. The molecule has 3 rings (SSSR count). The third-order valence-electron chi connectivity index (χ3n) is 3.10. The topological polar surface area (TPSA) is 87.2 Å². The van der Waals surface area contributed by atoms with Gasteiger partial charge >= 0.3 is 0 Å². The highest BCUT2D eigenvalue weighted by Gasteiger charge is 2.23. The number of benzene rings is 2. The zero-order valence-electron chi connectivity index (χ0n) is 9.40. The van der Waals surface area contributed by atoms with Crippen molar-refractivity contribution in [3.63, 3.8) is 0 Å². The van der Waals surface area contributed by atoms with Crippen LogP contribution in [0.2, 0.25) is 0 Å². The number of nitrogens with two attached hydrogens (primary N) is 1. The second kappa shape index (κ2) is 3.43. The SMILES string of the molecule is N=C1C(=O)c2cc3cccc(O)c3cc2C=C1N. The number of nitrogens with one attached hydrogen (secondary N) is 1. The fourth-order valence-electron chi connectivity index (χ4n) is 2.15. The molecule has 18 heavy (non-hydrogen) atoms. The maximum absolute atomic E-state index is 11.9. The van der Waals surface area contributed by atoms with Gasteiger partial charge in [-0.1, -0.05) is 12.1 Å². The minimum Gasteiger partial charge on any atom is -0.507 e. The minimum absolute atomic E-state index is 0.155. The molecule has 0 heterocycles. The highest BCUT2D eigenvalue weighted by atomic mass is 16.3. The van der Waals surface area contributed by atoms with E-state index in [9.17, 15) is 9.90 Å². The Morgan fingerprint density at radius 3 is 2.78 bits per heavy atom. The third kappa shape index (κ3) is 1.32. The van der Waals surface area contributed by atoms with Gasteiger partial charge in [-0.05, 0) is 35.2 Å². The summed E-state index contributed by atoms with van der Waals surface area (Å²) in [4.78, 5) is 11.9. The molecule has 2 aromatic rings. The van der Waals surface area contributed by atoms with E-state index in [4.69, 9.17) is 11.1 Å². The molecule has 0 amide bonds. The van der Waals surface area contributed by atoms with Crippen molar-refractivity contribution in [3.8, 4) is 5.75 Å². The van der Waals surface area contributed by atoms with Gasteiger partial charge in [-0.25, -0.2) is 0 Å². The molecular formula is C14H10N2O2. The van der Waals surface area contributed by atoms with Gasteiger partial charge in [-0.3, -0.25) is 10.2 Å². The highest BCUT2D eigenvalue weighted by Crippen LogP contribution is 2.30. The van der Waals surface area contributed by atoms with Crippen LogP contribution in [0, 0.1) is 5.41 Å². The van der Waals surface area contributed by atoms with Gasteiger partial charge in [-0.2, -0.15) is 0 Å². The lowest BCUT2D eigenvalue weighted by Crippen LogP contribution is -2.24. The largest absolute Gasteiger partial charge is 0.507 e. The number of fused-ring (bicyclic) bond motifs is 2. The van der Waals surface area contributed by atoms with Gasteiger partial charge in [-0.15, -0.1) is 0 Å². The summed E-state index contributed by atoms with van der Waals surface area (Å²) in [5.41, 5.74) is 6.69. The van der Waals surface area contributed by atoms with Crippen molar-refractivity contribution in [2.75, 3.05) is 0 Å². The van der Waals surface area contributed by atoms with Gasteiger partial charge in [0.15, 0.2) is 0 Å². The molecule has 2 aromatic carbocycles. The van der Waals surface area contributed by atoms with E-state index in [0.29, 0.717) is 16.5 Å². The molecule has 0 radical (unpaired) electrons. The summed E-state index contributed by atoms with van der Waals surface area (Å²) in [6, 6.07) is 8.52. The molecule has 1 aliphatic carbocycles. The Hall–Kier alpha value is -2.62. The van der Waals surface area contributed by atoms with Crippen LogP contribution < -0.4 is 5.73 Å². The second-order valence-electron chi connectivity index (χ2n) is 4.24. The Morgan fingerprint density at radius 2 is 2.00 bits per heavy atom. The average molecular weight is 238 g/mol. The molecule has 0 fully saturated rings. The van der Waals surface area contributed by atoms with E-state index >= 15 is 0 Å². The van der Waals surface area contributed by atoms with Gasteiger partial charge in [0.05, 0.1) is 5.70 Å². The van der Waals surface area contributed by atoms with Crippen LogP contribution in [0.3, 0.4) is 0 Å². The van der Waals surface area contributed by atoms with Gasteiger partial charge < -0.3 is 10.8 Å². The number of carbonyl (C=O) groups is 1. The van der Waals surface area contributed by atoms with E-state index in [1.54, 1.807) is 30.3 Å². The van der Waals surface area contributed by atoms with Crippen molar-refractivity contribution >= 4 is 28.3 Å². The second-order valence-corrected chi connectivity index (χ2v) is 4.24. The maximum atomic E-state index is 11.9. The summed E-state index contributed by atoms with van der Waals surface area (Å²) in [5, 5.41) is 18.8. The smallest absolute Gasteiger partial charge is 0.213 e. The van der Waals surface area contributed by atoms with Crippen molar-refractivity contribution in [2.24, 2.45) is 5.73 Å². The van der Waals surface area contributed by atoms with Crippen molar-refractivity contribution < 1.29 is 9.90 Å². The fraction of sp³-hybridized carbons (Fsp3) is 0. The molecule has 0 saturated heterocycles. The number of phenols is 1. The lowest BCUT2D eigenvalue weighted by atomic mass is 9.90. The predicted octanol–water partition coefficient (Wildman–Crippen LogP) is 2.06. The molecule has 4 heteroatoms. The predicted molar refractivity (Wildman–Crippen MR) is 69.8 cm³/mol. The fourth-order valence-corrected chi connectivity index (χ4v) is 2.15. The normalized spacial score (nSPS) is 14.6. The highest BCUT2D eigenvalue weighted by molar-refractivity contribution is 6.52. The molecule has 88 valence electrons. The van der Waals surface area contributed by atoms with E-state index in [1.165, 1.54) is 0 Å². The number of hydrogen-bond acceptors (Lipinski definition) is 4.